The first-order chi connectivity index (χ1) is 13.9. The second kappa shape index (κ2) is 8.89. The highest BCUT2D eigenvalue weighted by molar-refractivity contribution is 5.83. The fourth-order valence-corrected chi connectivity index (χ4v) is 3.78. The molecule has 0 bridgehead atoms. The Morgan fingerprint density at radius 1 is 1.14 bits per heavy atom. The Morgan fingerprint density at radius 3 is 2.48 bits per heavy atom. The third-order valence-corrected chi connectivity index (χ3v) is 5.44. The van der Waals surface area contributed by atoms with Crippen molar-refractivity contribution < 1.29 is 23.9 Å². The molecule has 1 fully saturated rings. The van der Waals surface area contributed by atoms with E-state index < -0.39 is 12.0 Å². The minimum Gasteiger partial charge on any atom is -0.455 e. The van der Waals surface area contributed by atoms with Crippen molar-refractivity contribution in [1.29, 1.82) is 0 Å². The van der Waals surface area contributed by atoms with Crippen LogP contribution in [0.3, 0.4) is 0 Å². The Balaban J connectivity index is 1.56. The minimum absolute atomic E-state index is 0.0437. The van der Waals surface area contributed by atoms with E-state index in [1.165, 1.54) is 11.8 Å². The summed E-state index contributed by atoms with van der Waals surface area (Å²) < 4.78 is 5.19. The molecule has 3 amide bonds. The highest BCUT2D eigenvalue weighted by Crippen LogP contribution is 2.33. The topological polar surface area (TPSA) is 110 Å². The second-order valence-electron chi connectivity index (χ2n) is 7.31. The number of esters is 1. The summed E-state index contributed by atoms with van der Waals surface area (Å²) in [6, 6.07) is 7.07. The molecular formula is C21H25N3O5. The summed E-state index contributed by atoms with van der Waals surface area (Å²) in [7, 11) is 0. The number of carbonyl (C=O) groups is 4. The van der Waals surface area contributed by atoms with Crippen LogP contribution in [0.5, 0.6) is 0 Å². The Hall–Kier alpha value is -3.16. The molecule has 2 aliphatic heterocycles. The van der Waals surface area contributed by atoms with Crippen molar-refractivity contribution in [3.05, 3.63) is 41.6 Å². The van der Waals surface area contributed by atoms with Crippen LogP contribution < -0.4 is 5.73 Å². The Labute approximate surface area is 169 Å². The molecule has 2 N–H and O–H groups in total. The number of hydrogen-bond acceptors (Lipinski definition) is 5. The SMILES string of the molecule is CC(=O)N1C=Cc2ccccc2[C@H]1CC(=O)OCC(=O)N1CCC(C(N)=O)CC1. The van der Waals surface area contributed by atoms with Crippen LogP contribution in [0.25, 0.3) is 6.08 Å². The van der Waals surface area contributed by atoms with Gasteiger partial charge in [0.2, 0.25) is 11.8 Å². The number of rotatable bonds is 5. The van der Waals surface area contributed by atoms with E-state index in [9.17, 15) is 19.2 Å². The number of carbonyl (C=O) groups excluding carboxylic acids is 4. The van der Waals surface area contributed by atoms with E-state index in [-0.39, 0.29) is 36.7 Å². The van der Waals surface area contributed by atoms with Crippen LogP contribution in [-0.4, -0.2) is 53.2 Å². The van der Waals surface area contributed by atoms with Gasteiger partial charge in [-0.3, -0.25) is 19.2 Å². The van der Waals surface area contributed by atoms with Crippen LogP contribution in [0.15, 0.2) is 30.5 Å². The molecule has 1 aromatic carbocycles. The fourth-order valence-electron chi connectivity index (χ4n) is 3.78. The van der Waals surface area contributed by atoms with Gasteiger partial charge in [0, 0.05) is 32.1 Å². The number of amides is 3. The second-order valence-corrected chi connectivity index (χ2v) is 7.31. The number of fused-ring (bicyclic) bond motifs is 1. The molecule has 0 unspecified atom stereocenters. The van der Waals surface area contributed by atoms with E-state index in [0.717, 1.165) is 11.1 Å². The zero-order valence-electron chi connectivity index (χ0n) is 16.4. The largest absolute Gasteiger partial charge is 0.455 e. The van der Waals surface area contributed by atoms with Crippen LogP contribution in [0.2, 0.25) is 0 Å². The maximum absolute atomic E-state index is 12.4. The van der Waals surface area contributed by atoms with Crippen molar-refractivity contribution in [2.45, 2.75) is 32.2 Å². The summed E-state index contributed by atoms with van der Waals surface area (Å²) in [6.07, 6.45) is 4.49. The number of nitrogens with zero attached hydrogens (tertiary/aromatic N) is 2. The average Bonchev–Trinajstić information content (AvgIpc) is 2.72. The summed E-state index contributed by atoms with van der Waals surface area (Å²) in [5.41, 5.74) is 7.10. The van der Waals surface area contributed by atoms with Gasteiger partial charge in [-0.1, -0.05) is 24.3 Å². The first kappa shape index (κ1) is 20.6. The standard InChI is InChI=1S/C21H25N3O5/c1-14(25)24-11-8-15-4-2-3-5-17(15)18(24)12-20(27)29-13-19(26)23-9-6-16(7-10-23)21(22)28/h2-5,8,11,16,18H,6-7,9-10,12-13H2,1H3,(H2,22,28)/t18-/m1/s1. The number of ether oxygens (including phenoxy) is 1. The zero-order valence-corrected chi connectivity index (χ0v) is 16.4. The van der Waals surface area contributed by atoms with Gasteiger partial charge in [-0.2, -0.15) is 0 Å². The number of hydrogen-bond donors (Lipinski definition) is 1. The molecule has 0 aromatic heterocycles. The lowest BCUT2D eigenvalue weighted by atomic mass is 9.94. The number of primary amides is 1. The molecule has 154 valence electrons. The van der Waals surface area contributed by atoms with E-state index in [4.69, 9.17) is 10.5 Å². The van der Waals surface area contributed by atoms with E-state index in [2.05, 4.69) is 0 Å². The summed E-state index contributed by atoms with van der Waals surface area (Å²) in [4.78, 5) is 51.0. The molecule has 29 heavy (non-hydrogen) atoms. The first-order valence-electron chi connectivity index (χ1n) is 9.65. The fraction of sp³-hybridized carbons (Fsp3) is 0.429. The summed E-state index contributed by atoms with van der Waals surface area (Å²) in [5.74, 6) is -1.58. The van der Waals surface area contributed by atoms with Crippen molar-refractivity contribution in [2.24, 2.45) is 11.7 Å². The maximum atomic E-state index is 12.4. The number of likely N-dealkylation sites (tertiary alicyclic amines) is 1. The van der Waals surface area contributed by atoms with Crippen molar-refractivity contribution in [3.8, 4) is 0 Å². The normalized spacial score (nSPS) is 18.9. The lowest BCUT2D eigenvalue weighted by Crippen LogP contribution is -2.43. The number of nitrogens with two attached hydrogens (primary N) is 1. The van der Waals surface area contributed by atoms with Gasteiger partial charge in [0.05, 0.1) is 12.5 Å². The van der Waals surface area contributed by atoms with E-state index in [0.29, 0.717) is 25.9 Å². The van der Waals surface area contributed by atoms with Crippen LogP contribution in [0.1, 0.15) is 43.4 Å². The van der Waals surface area contributed by atoms with Crippen LogP contribution in [0, 0.1) is 5.92 Å². The zero-order chi connectivity index (χ0) is 21.0. The Kier molecular flexibility index (Phi) is 6.31. The van der Waals surface area contributed by atoms with E-state index >= 15 is 0 Å². The van der Waals surface area contributed by atoms with Gasteiger partial charge in [-0.05, 0) is 30.0 Å². The molecule has 1 atom stereocenters. The molecule has 1 aromatic rings. The molecule has 8 heteroatoms. The predicted molar refractivity (Wildman–Crippen MR) is 105 cm³/mol. The summed E-state index contributed by atoms with van der Waals surface area (Å²) in [6.45, 7) is 1.92. The van der Waals surface area contributed by atoms with Crippen molar-refractivity contribution in [2.75, 3.05) is 19.7 Å². The third-order valence-electron chi connectivity index (χ3n) is 5.44. The van der Waals surface area contributed by atoms with Crippen LogP contribution in [-0.2, 0) is 23.9 Å². The van der Waals surface area contributed by atoms with Crippen molar-refractivity contribution in [1.82, 2.24) is 9.80 Å². The molecule has 0 spiro atoms. The highest BCUT2D eigenvalue weighted by Gasteiger charge is 2.30. The molecule has 0 aliphatic carbocycles. The first-order valence-corrected chi connectivity index (χ1v) is 9.65. The lowest BCUT2D eigenvalue weighted by molar-refractivity contribution is -0.154. The van der Waals surface area contributed by atoms with Gasteiger partial charge in [-0.25, -0.2) is 0 Å². The van der Waals surface area contributed by atoms with Crippen molar-refractivity contribution >= 4 is 29.8 Å². The molecule has 0 radical (unpaired) electrons. The van der Waals surface area contributed by atoms with Crippen LogP contribution >= 0.6 is 0 Å². The molecule has 3 rings (SSSR count). The predicted octanol–water partition coefficient (Wildman–Crippen LogP) is 1.22. The van der Waals surface area contributed by atoms with E-state index in [1.54, 1.807) is 11.1 Å². The highest BCUT2D eigenvalue weighted by atomic mass is 16.5. The molecule has 1 saturated heterocycles. The lowest BCUT2D eigenvalue weighted by Gasteiger charge is -2.32. The van der Waals surface area contributed by atoms with Crippen LogP contribution in [0.4, 0.5) is 0 Å². The van der Waals surface area contributed by atoms with E-state index in [1.807, 2.05) is 30.3 Å². The number of piperidine rings is 1. The summed E-state index contributed by atoms with van der Waals surface area (Å²) in [5, 5.41) is 0. The minimum atomic E-state index is -0.549. The quantitative estimate of drug-likeness (QED) is 0.749. The van der Waals surface area contributed by atoms with Gasteiger partial charge in [-0.15, -0.1) is 0 Å². The van der Waals surface area contributed by atoms with Gasteiger partial charge in [0.1, 0.15) is 0 Å². The molecule has 2 heterocycles. The Morgan fingerprint density at radius 2 is 1.83 bits per heavy atom. The van der Waals surface area contributed by atoms with Gasteiger partial charge in [0.15, 0.2) is 6.61 Å². The molecule has 0 saturated carbocycles. The van der Waals surface area contributed by atoms with Crippen molar-refractivity contribution in [3.63, 3.8) is 0 Å². The third kappa shape index (κ3) is 4.82. The van der Waals surface area contributed by atoms with Gasteiger partial charge < -0.3 is 20.3 Å². The molecular weight excluding hydrogens is 374 g/mol. The smallest absolute Gasteiger partial charge is 0.308 e. The maximum Gasteiger partial charge on any atom is 0.308 e. The average molecular weight is 399 g/mol. The monoisotopic (exact) mass is 399 g/mol. The molecule has 2 aliphatic rings. The van der Waals surface area contributed by atoms with Gasteiger partial charge in [0.25, 0.3) is 5.91 Å². The van der Waals surface area contributed by atoms with Gasteiger partial charge >= 0.3 is 5.97 Å². The number of benzene rings is 1. The molecule has 8 nitrogen and oxygen atoms in total. The summed E-state index contributed by atoms with van der Waals surface area (Å²) >= 11 is 0. The Bertz CT molecular complexity index is 842.